The van der Waals surface area contributed by atoms with E-state index >= 15 is 0 Å². The van der Waals surface area contributed by atoms with Crippen LogP contribution in [0.25, 0.3) is 0 Å². The molecular formula is C14H15ClN4O2. The number of carbonyl (C=O) groups excluding carboxylic acids is 1. The minimum Gasteiger partial charge on any atom is -0.496 e. The third-order valence-corrected chi connectivity index (χ3v) is 3.88. The van der Waals surface area contributed by atoms with Crippen LogP contribution in [0.2, 0.25) is 5.02 Å². The van der Waals surface area contributed by atoms with Crippen LogP contribution in [0, 0.1) is 0 Å². The summed E-state index contributed by atoms with van der Waals surface area (Å²) in [4.78, 5) is 14.4. The van der Waals surface area contributed by atoms with E-state index in [-0.39, 0.29) is 5.91 Å². The number of H-pyrrole nitrogens is 1. The van der Waals surface area contributed by atoms with E-state index in [0.29, 0.717) is 41.7 Å². The minimum absolute atomic E-state index is 0.117. The molecule has 7 heteroatoms. The highest BCUT2D eigenvalue weighted by molar-refractivity contribution is 6.31. The Labute approximate surface area is 126 Å². The van der Waals surface area contributed by atoms with E-state index in [1.54, 1.807) is 23.1 Å². The standard InChI is InChI=1S/C14H15ClN4O2/c1-21-12-3-2-8(15)6-10(12)14(20)19-5-4-9-11(7-19)17-18-13(9)16/h2-3,6H,4-5,7H2,1H3,(H3,16,17,18). The van der Waals surface area contributed by atoms with Gasteiger partial charge in [0.25, 0.3) is 5.91 Å². The Morgan fingerprint density at radius 2 is 2.33 bits per heavy atom. The van der Waals surface area contributed by atoms with Crippen molar-refractivity contribution in [3.05, 3.63) is 40.0 Å². The summed E-state index contributed by atoms with van der Waals surface area (Å²) in [5.41, 5.74) is 8.12. The van der Waals surface area contributed by atoms with E-state index in [1.165, 1.54) is 7.11 Å². The predicted octanol–water partition coefficient (Wildman–Crippen LogP) is 1.85. The number of nitrogens with two attached hydrogens (primary N) is 1. The third kappa shape index (κ3) is 2.42. The smallest absolute Gasteiger partial charge is 0.258 e. The first-order valence-corrected chi connectivity index (χ1v) is 6.92. The Balaban J connectivity index is 1.88. The number of ether oxygens (including phenoxy) is 1. The minimum atomic E-state index is -0.117. The Morgan fingerprint density at radius 1 is 1.52 bits per heavy atom. The lowest BCUT2D eigenvalue weighted by Gasteiger charge is -2.27. The third-order valence-electron chi connectivity index (χ3n) is 3.64. The number of aromatic amines is 1. The highest BCUT2D eigenvalue weighted by Gasteiger charge is 2.26. The molecule has 0 radical (unpaired) electrons. The van der Waals surface area contributed by atoms with Crippen LogP contribution in [-0.2, 0) is 13.0 Å². The zero-order valence-corrected chi connectivity index (χ0v) is 12.3. The van der Waals surface area contributed by atoms with Crippen molar-refractivity contribution in [2.75, 3.05) is 19.4 Å². The van der Waals surface area contributed by atoms with E-state index in [1.807, 2.05) is 0 Å². The predicted molar refractivity (Wildman–Crippen MR) is 79.4 cm³/mol. The summed E-state index contributed by atoms with van der Waals surface area (Å²) in [5.74, 6) is 0.907. The van der Waals surface area contributed by atoms with Crippen LogP contribution in [0.3, 0.4) is 0 Å². The lowest BCUT2D eigenvalue weighted by atomic mass is 10.1. The van der Waals surface area contributed by atoms with Gasteiger partial charge in [-0.05, 0) is 24.6 Å². The van der Waals surface area contributed by atoms with Gasteiger partial charge in [0.15, 0.2) is 0 Å². The van der Waals surface area contributed by atoms with Gasteiger partial charge in [0.05, 0.1) is 24.9 Å². The van der Waals surface area contributed by atoms with Crippen molar-refractivity contribution in [3.8, 4) is 5.75 Å². The van der Waals surface area contributed by atoms with Crippen molar-refractivity contribution in [2.45, 2.75) is 13.0 Å². The number of rotatable bonds is 2. The normalized spacial score (nSPS) is 13.9. The molecule has 0 spiro atoms. The number of nitrogen functional groups attached to an aromatic ring is 1. The quantitative estimate of drug-likeness (QED) is 0.887. The fraction of sp³-hybridized carbons (Fsp3) is 0.286. The fourth-order valence-corrected chi connectivity index (χ4v) is 2.71. The summed E-state index contributed by atoms with van der Waals surface area (Å²) in [5, 5.41) is 7.36. The summed E-state index contributed by atoms with van der Waals surface area (Å²) in [7, 11) is 1.53. The molecule has 0 saturated heterocycles. The molecule has 0 atom stereocenters. The van der Waals surface area contributed by atoms with Crippen LogP contribution < -0.4 is 10.5 Å². The van der Waals surface area contributed by atoms with E-state index in [9.17, 15) is 4.79 Å². The first-order valence-electron chi connectivity index (χ1n) is 6.54. The van der Waals surface area contributed by atoms with Crippen LogP contribution in [0.5, 0.6) is 5.75 Å². The molecule has 0 bridgehead atoms. The average Bonchev–Trinajstić information content (AvgIpc) is 2.87. The monoisotopic (exact) mass is 306 g/mol. The van der Waals surface area contributed by atoms with Gasteiger partial charge in [0.1, 0.15) is 11.6 Å². The molecule has 0 saturated carbocycles. The molecule has 6 nitrogen and oxygen atoms in total. The zero-order chi connectivity index (χ0) is 15.0. The summed E-state index contributed by atoms with van der Waals surface area (Å²) in [6.45, 7) is 1.04. The molecule has 21 heavy (non-hydrogen) atoms. The lowest BCUT2D eigenvalue weighted by molar-refractivity contribution is 0.0729. The number of benzene rings is 1. The molecule has 110 valence electrons. The second kappa shape index (κ2) is 5.29. The van der Waals surface area contributed by atoms with Gasteiger partial charge in [-0.2, -0.15) is 5.10 Å². The van der Waals surface area contributed by atoms with Gasteiger partial charge in [-0.15, -0.1) is 0 Å². The van der Waals surface area contributed by atoms with E-state index in [0.717, 1.165) is 11.3 Å². The summed E-state index contributed by atoms with van der Waals surface area (Å²) in [6, 6.07) is 5.01. The molecule has 0 aliphatic carbocycles. The van der Waals surface area contributed by atoms with Crippen LogP contribution in [0.15, 0.2) is 18.2 Å². The van der Waals surface area contributed by atoms with Crippen LogP contribution in [0.1, 0.15) is 21.6 Å². The molecule has 3 rings (SSSR count). The van der Waals surface area contributed by atoms with Crippen LogP contribution in [0.4, 0.5) is 5.82 Å². The number of nitrogens with one attached hydrogen (secondary N) is 1. The SMILES string of the molecule is COc1ccc(Cl)cc1C(=O)N1CCc2c(N)n[nH]c2C1. The van der Waals surface area contributed by atoms with Gasteiger partial charge in [-0.25, -0.2) is 0 Å². The molecule has 1 aromatic carbocycles. The number of carbonyl (C=O) groups is 1. The maximum absolute atomic E-state index is 12.7. The van der Waals surface area contributed by atoms with E-state index in [2.05, 4.69) is 10.2 Å². The van der Waals surface area contributed by atoms with Gasteiger partial charge in [-0.3, -0.25) is 9.89 Å². The molecular weight excluding hydrogens is 292 g/mol. The fourth-order valence-electron chi connectivity index (χ4n) is 2.53. The number of anilines is 1. The van der Waals surface area contributed by atoms with Crippen molar-refractivity contribution in [2.24, 2.45) is 0 Å². The molecule has 0 fully saturated rings. The molecule has 1 aliphatic heterocycles. The number of halogens is 1. The maximum atomic E-state index is 12.7. The number of aromatic nitrogens is 2. The highest BCUT2D eigenvalue weighted by atomic mass is 35.5. The zero-order valence-electron chi connectivity index (χ0n) is 11.5. The maximum Gasteiger partial charge on any atom is 0.258 e. The molecule has 1 amide bonds. The molecule has 1 aromatic heterocycles. The van der Waals surface area contributed by atoms with Crippen molar-refractivity contribution < 1.29 is 9.53 Å². The van der Waals surface area contributed by atoms with Crippen molar-refractivity contribution >= 4 is 23.3 Å². The van der Waals surface area contributed by atoms with Crippen molar-refractivity contribution in [1.29, 1.82) is 0 Å². The number of nitrogens with zero attached hydrogens (tertiary/aromatic N) is 2. The number of hydrogen-bond donors (Lipinski definition) is 2. The Kier molecular flexibility index (Phi) is 3.47. The first kappa shape index (κ1) is 13.8. The van der Waals surface area contributed by atoms with Crippen LogP contribution in [-0.4, -0.2) is 34.7 Å². The van der Waals surface area contributed by atoms with E-state index < -0.39 is 0 Å². The average molecular weight is 307 g/mol. The molecule has 2 aromatic rings. The number of hydrogen-bond acceptors (Lipinski definition) is 4. The first-order chi connectivity index (χ1) is 10.1. The molecule has 0 unspecified atom stereocenters. The largest absolute Gasteiger partial charge is 0.496 e. The van der Waals surface area contributed by atoms with Crippen molar-refractivity contribution in [1.82, 2.24) is 15.1 Å². The van der Waals surface area contributed by atoms with Gasteiger partial charge in [0, 0.05) is 17.1 Å². The van der Waals surface area contributed by atoms with Gasteiger partial charge >= 0.3 is 0 Å². The Bertz CT molecular complexity index is 698. The Hall–Kier alpha value is -2.21. The molecule has 2 heterocycles. The number of amides is 1. The summed E-state index contributed by atoms with van der Waals surface area (Å²) >= 11 is 5.98. The summed E-state index contributed by atoms with van der Waals surface area (Å²) < 4.78 is 5.24. The van der Waals surface area contributed by atoms with Gasteiger partial charge < -0.3 is 15.4 Å². The highest BCUT2D eigenvalue weighted by Crippen LogP contribution is 2.27. The number of fused-ring (bicyclic) bond motifs is 1. The molecule has 3 N–H and O–H groups in total. The topological polar surface area (TPSA) is 84.2 Å². The number of methoxy groups -OCH3 is 1. The van der Waals surface area contributed by atoms with E-state index in [4.69, 9.17) is 22.1 Å². The van der Waals surface area contributed by atoms with Crippen molar-refractivity contribution in [3.63, 3.8) is 0 Å². The lowest BCUT2D eigenvalue weighted by Crippen LogP contribution is -2.36. The summed E-state index contributed by atoms with van der Waals surface area (Å²) in [6.07, 6.45) is 0.687. The van der Waals surface area contributed by atoms with Gasteiger partial charge in [-0.1, -0.05) is 11.6 Å². The molecule has 1 aliphatic rings. The Morgan fingerprint density at radius 3 is 3.10 bits per heavy atom. The second-order valence-corrected chi connectivity index (χ2v) is 5.32. The van der Waals surface area contributed by atoms with Crippen LogP contribution >= 0.6 is 11.6 Å². The van der Waals surface area contributed by atoms with Gasteiger partial charge in [0.2, 0.25) is 0 Å². The second-order valence-electron chi connectivity index (χ2n) is 4.89.